The third kappa shape index (κ3) is 2.92. The topological polar surface area (TPSA) is 49.4 Å². The second-order valence-corrected chi connectivity index (χ2v) is 4.82. The minimum absolute atomic E-state index is 0.0536. The van der Waals surface area contributed by atoms with Crippen molar-refractivity contribution in [2.75, 3.05) is 11.4 Å². The predicted octanol–water partition coefficient (Wildman–Crippen LogP) is 1.77. The fraction of sp³-hybridized carbons (Fsp3) is 0.429. The van der Waals surface area contributed by atoms with Crippen molar-refractivity contribution in [1.29, 1.82) is 0 Å². The number of amides is 2. The van der Waals surface area contributed by atoms with Gasteiger partial charge in [0.2, 0.25) is 11.8 Å². The van der Waals surface area contributed by atoms with E-state index in [2.05, 4.69) is 5.32 Å². The molecule has 1 aromatic rings. The van der Waals surface area contributed by atoms with Gasteiger partial charge in [-0.3, -0.25) is 9.59 Å². The third-order valence-corrected chi connectivity index (χ3v) is 3.12. The Labute approximate surface area is 111 Å². The van der Waals surface area contributed by atoms with Gasteiger partial charge in [-0.15, -0.1) is 0 Å². The van der Waals surface area contributed by atoms with E-state index in [0.717, 1.165) is 12.0 Å². The molecule has 1 aliphatic rings. The maximum absolute atomic E-state index is 13.4. The van der Waals surface area contributed by atoms with Crippen LogP contribution in [-0.4, -0.2) is 24.4 Å². The first kappa shape index (κ1) is 13.5. The number of aryl methyl sites for hydroxylation is 1. The van der Waals surface area contributed by atoms with Crippen molar-refractivity contribution in [1.82, 2.24) is 5.32 Å². The van der Waals surface area contributed by atoms with Crippen LogP contribution in [0.3, 0.4) is 0 Å². The van der Waals surface area contributed by atoms with Crippen LogP contribution in [0.4, 0.5) is 10.1 Å². The first-order valence-corrected chi connectivity index (χ1v) is 6.39. The number of rotatable bonds is 3. The summed E-state index contributed by atoms with van der Waals surface area (Å²) in [5.41, 5.74) is 1.17. The van der Waals surface area contributed by atoms with Gasteiger partial charge < -0.3 is 10.2 Å². The number of carbonyl (C=O) groups is 2. The normalized spacial score (nSPS) is 19.5. The number of benzene rings is 1. The molecule has 0 spiro atoms. The minimum Gasteiger partial charge on any atom is -0.343 e. The lowest BCUT2D eigenvalue weighted by molar-refractivity contribution is -0.131. The number of anilines is 1. The second kappa shape index (κ2) is 5.38. The Bertz CT molecular complexity index is 496. The quantitative estimate of drug-likeness (QED) is 0.904. The number of halogens is 1. The van der Waals surface area contributed by atoms with Crippen molar-refractivity contribution in [2.45, 2.75) is 32.7 Å². The van der Waals surface area contributed by atoms with E-state index < -0.39 is 11.9 Å². The van der Waals surface area contributed by atoms with Crippen molar-refractivity contribution < 1.29 is 14.0 Å². The number of hydrogen-bond donors (Lipinski definition) is 1. The van der Waals surface area contributed by atoms with Gasteiger partial charge in [-0.1, -0.05) is 13.3 Å². The van der Waals surface area contributed by atoms with Gasteiger partial charge >= 0.3 is 0 Å². The summed E-state index contributed by atoms with van der Waals surface area (Å²) < 4.78 is 13.4. The van der Waals surface area contributed by atoms with Crippen molar-refractivity contribution in [3.8, 4) is 0 Å². The number of carbonyl (C=O) groups excluding carboxylic acids is 2. The van der Waals surface area contributed by atoms with Crippen LogP contribution in [0.15, 0.2) is 18.2 Å². The van der Waals surface area contributed by atoms with Gasteiger partial charge in [0.05, 0.1) is 0 Å². The molecule has 5 heteroatoms. The molecule has 1 unspecified atom stereocenters. The van der Waals surface area contributed by atoms with E-state index >= 15 is 0 Å². The smallest absolute Gasteiger partial charge is 0.250 e. The number of nitrogens with one attached hydrogen (secondary N) is 1. The largest absolute Gasteiger partial charge is 0.343 e. The zero-order chi connectivity index (χ0) is 14.0. The molecular weight excluding hydrogens is 247 g/mol. The van der Waals surface area contributed by atoms with Crippen molar-refractivity contribution >= 4 is 17.5 Å². The van der Waals surface area contributed by atoms with Gasteiger partial charge in [-0.2, -0.15) is 0 Å². The molecule has 0 saturated carbocycles. The molecule has 1 fully saturated rings. The van der Waals surface area contributed by atoms with Crippen LogP contribution in [0.1, 0.15) is 25.3 Å². The van der Waals surface area contributed by atoms with Crippen LogP contribution in [-0.2, 0) is 9.59 Å². The monoisotopic (exact) mass is 264 g/mol. The SMILES string of the molecule is CCCC1NC(=O)CN(c2cc(C)cc(F)c2)C1=O. The van der Waals surface area contributed by atoms with Crippen LogP contribution in [0.2, 0.25) is 0 Å². The number of hydrogen-bond acceptors (Lipinski definition) is 2. The lowest BCUT2D eigenvalue weighted by atomic mass is 10.1. The van der Waals surface area contributed by atoms with E-state index in [0.29, 0.717) is 12.1 Å². The molecule has 1 saturated heterocycles. The van der Waals surface area contributed by atoms with E-state index in [9.17, 15) is 14.0 Å². The van der Waals surface area contributed by atoms with Crippen LogP contribution < -0.4 is 10.2 Å². The summed E-state index contributed by atoms with van der Waals surface area (Å²) >= 11 is 0. The molecule has 2 amide bonds. The number of piperazine rings is 1. The summed E-state index contributed by atoms with van der Waals surface area (Å²) in [4.78, 5) is 25.3. The highest BCUT2D eigenvalue weighted by Gasteiger charge is 2.32. The van der Waals surface area contributed by atoms with Gasteiger partial charge in [-0.05, 0) is 37.1 Å². The second-order valence-electron chi connectivity index (χ2n) is 4.82. The molecule has 1 aromatic carbocycles. The van der Waals surface area contributed by atoms with Crippen LogP contribution in [0.5, 0.6) is 0 Å². The summed E-state index contributed by atoms with van der Waals surface area (Å²) in [6.45, 7) is 3.65. The Kier molecular flexibility index (Phi) is 3.83. The molecule has 102 valence electrons. The zero-order valence-electron chi connectivity index (χ0n) is 11.1. The molecule has 1 N–H and O–H groups in total. The van der Waals surface area contributed by atoms with Gasteiger partial charge in [0.15, 0.2) is 0 Å². The molecule has 2 rings (SSSR count). The molecular formula is C14H17FN2O2. The highest BCUT2D eigenvalue weighted by Crippen LogP contribution is 2.21. The average Bonchev–Trinajstić information content (AvgIpc) is 2.32. The average molecular weight is 264 g/mol. The Balaban J connectivity index is 2.31. The van der Waals surface area contributed by atoms with Crippen molar-refractivity contribution in [2.24, 2.45) is 0 Å². The summed E-state index contributed by atoms with van der Waals surface area (Å²) in [6, 6.07) is 3.88. The van der Waals surface area contributed by atoms with E-state index in [1.807, 2.05) is 6.92 Å². The van der Waals surface area contributed by atoms with Crippen molar-refractivity contribution in [3.63, 3.8) is 0 Å². The molecule has 1 aliphatic heterocycles. The summed E-state index contributed by atoms with van der Waals surface area (Å²) in [5, 5.41) is 2.67. The van der Waals surface area contributed by atoms with Crippen LogP contribution in [0, 0.1) is 12.7 Å². The summed E-state index contributed by atoms with van der Waals surface area (Å²) in [6.07, 6.45) is 1.39. The number of nitrogens with zero attached hydrogens (tertiary/aromatic N) is 1. The Morgan fingerprint density at radius 2 is 2.11 bits per heavy atom. The molecule has 0 aromatic heterocycles. The minimum atomic E-state index is -0.505. The van der Waals surface area contributed by atoms with Gasteiger partial charge in [-0.25, -0.2) is 4.39 Å². The fourth-order valence-corrected chi connectivity index (χ4v) is 2.29. The maximum Gasteiger partial charge on any atom is 0.250 e. The molecule has 1 heterocycles. The molecule has 19 heavy (non-hydrogen) atoms. The zero-order valence-corrected chi connectivity index (χ0v) is 11.1. The fourth-order valence-electron chi connectivity index (χ4n) is 2.29. The van der Waals surface area contributed by atoms with Gasteiger partial charge in [0.25, 0.3) is 0 Å². The highest BCUT2D eigenvalue weighted by molar-refractivity contribution is 6.06. The first-order valence-electron chi connectivity index (χ1n) is 6.39. The summed E-state index contributed by atoms with van der Waals surface area (Å²) in [5.74, 6) is -0.785. The third-order valence-electron chi connectivity index (χ3n) is 3.12. The van der Waals surface area contributed by atoms with E-state index in [1.54, 1.807) is 13.0 Å². The van der Waals surface area contributed by atoms with Crippen LogP contribution in [0.25, 0.3) is 0 Å². The Hall–Kier alpha value is -1.91. The highest BCUT2D eigenvalue weighted by atomic mass is 19.1. The predicted molar refractivity (Wildman–Crippen MR) is 70.3 cm³/mol. The Morgan fingerprint density at radius 1 is 1.37 bits per heavy atom. The van der Waals surface area contributed by atoms with Crippen LogP contribution >= 0.6 is 0 Å². The van der Waals surface area contributed by atoms with E-state index in [4.69, 9.17) is 0 Å². The van der Waals surface area contributed by atoms with Gasteiger partial charge in [0, 0.05) is 5.69 Å². The molecule has 0 radical (unpaired) electrons. The molecule has 0 aliphatic carbocycles. The van der Waals surface area contributed by atoms with E-state index in [-0.39, 0.29) is 18.4 Å². The Morgan fingerprint density at radius 3 is 2.74 bits per heavy atom. The van der Waals surface area contributed by atoms with Crippen molar-refractivity contribution in [3.05, 3.63) is 29.6 Å². The maximum atomic E-state index is 13.4. The van der Waals surface area contributed by atoms with E-state index in [1.165, 1.54) is 17.0 Å². The lowest BCUT2D eigenvalue weighted by Crippen LogP contribution is -2.58. The first-order chi connectivity index (χ1) is 9.01. The molecule has 1 atom stereocenters. The molecule has 0 bridgehead atoms. The standard InChI is InChI=1S/C14H17FN2O2/c1-3-4-12-14(19)17(8-13(18)16-12)11-6-9(2)5-10(15)7-11/h5-7,12H,3-4,8H2,1-2H3,(H,16,18). The van der Waals surface area contributed by atoms with Gasteiger partial charge in [0.1, 0.15) is 18.4 Å². The summed E-state index contributed by atoms with van der Waals surface area (Å²) in [7, 11) is 0. The lowest BCUT2D eigenvalue weighted by Gasteiger charge is -2.32. The molecule has 4 nitrogen and oxygen atoms in total.